The Hall–Kier alpha value is -3.60. The van der Waals surface area contributed by atoms with E-state index >= 15 is 0 Å². The summed E-state index contributed by atoms with van der Waals surface area (Å²) in [6, 6.07) is 20.0. The number of hydrogen-bond acceptors (Lipinski definition) is 3. The second-order valence-electron chi connectivity index (χ2n) is 5.31. The molecule has 0 heterocycles. The van der Waals surface area contributed by atoms with E-state index in [0.717, 1.165) is 11.1 Å². The van der Waals surface area contributed by atoms with Crippen molar-refractivity contribution in [2.75, 3.05) is 0 Å². The Labute approximate surface area is 143 Å². The monoisotopic (exact) mass is 334 g/mol. The first-order valence-electron chi connectivity index (χ1n) is 7.48. The molecule has 0 saturated heterocycles. The van der Waals surface area contributed by atoms with Gasteiger partial charge in [0.05, 0.1) is 11.1 Å². The van der Waals surface area contributed by atoms with Crippen LogP contribution in [-0.2, 0) is 0 Å². The van der Waals surface area contributed by atoms with Crippen molar-refractivity contribution < 1.29 is 24.5 Å². The molecule has 3 aromatic rings. The number of para-hydroxylation sites is 1. The average Bonchev–Trinajstić information content (AvgIpc) is 2.62. The largest absolute Gasteiger partial charge is 0.478 e. The van der Waals surface area contributed by atoms with Crippen LogP contribution in [0.3, 0.4) is 0 Å². The third-order valence-corrected chi connectivity index (χ3v) is 3.64. The second-order valence-corrected chi connectivity index (χ2v) is 5.31. The molecule has 0 aliphatic rings. The highest BCUT2D eigenvalue weighted by Crippen LogP contribution is 2.33. The topological polar surface area (TPSA) is 83.8 Å². The van der Waals surface area contributed by atoms with Gasteiger partial charge in [-0.1, -0.05) is 36.4 Å². The van der Waals surface area contributed by atoms with Crippen molar-refractivity contribution in [3.63, 3.8) is 0 Å². The Morgan fingerprint density at radius 1 is 0.720 bits per heavy atom. The average molecular weight is 334 g/mol. The zero-order valence-electron chi connectivity index (χ0n) is 13.0. The quantitative estimate of drug-likeness (QED) is 0.715. The van der Waals surface area contributed by atoms with E-state index in [0.29, 0.717) is 11.5 Å². The van der Waals surface area contributed by atoms with E-state index in [1.54, 1.807) is 30.3 Å². The third kappa shape index (κ3) is 3.67. The first-order valence-corrected chi connectivity index (χ1v) is 7.48. The number of carboxylic acid groups (broad SMARTS) is 2. The Morgan fingerprint density at radius 2 is 1.40 bits per heavy atom. The highest BCUT2D eigenvalue weighted by Gasteiger charge is 2.10. The number of aromatic carboxylic acids is 2. The van der Waals surface area contributed by atoms with Crippen molar-refractivity contribution in [1.82, 2.24) is 0 Å². The number of carbonyl (C=O) groups is 2. The van der Waals surface area contributed by atoms with E-state index < -0.39 is 11.9 Å². The second kappa shape index (κ2) is 6.88. The molecule has 0 aliphatic heterocycles. The number of ether oxygens (including phenoxy) is 1. The fourth-order valence-corrected chi connectivity index (χ4v) is 2.41. The fraction of sp³-hybridized carbons (Fsp3) is 0. The van der Waals surface area contributed by atoms with Crippen LogP contribution in [0, 0.1) is 0 Å². The van der Waals surface area contributed by atoms with E-state index in [1.165, 1.54) is 24.3 Å². The molecule has 0 aromatic heterocycles. The highest BCUT2D eigenvalue weighted by molar-refractivity contribution is 5.89. The summed E-state index contributed by atoms with van der Waals surface area (Å²) in [5, 5.41) is 18.1. The van der Waals surface area contributed by atoms with Crippen molar-refractivity contribution in [3.05, 3.63) is 83.9 Å². The van der Waals surface area contributed by atoms with Crippen LogP contribution >= 0.6 is 0 Å². The lowest BCUT2D eigenvalue weighted by molar-refractivity contribution is 0.0686. The first-order chi connectivity index (χ1) is 12.0. The molecule has 0 aliphatic carbocycles. The molecule has 5 heteroatoms. The minimum atomic E-state index is -1.03. The van der Waals surface area contributed by atoms with Crippen molar-refractivity contribution in [2.24, 2.45) is 0 Å². The summed E-state index contributed by atoms with van der Waals surface area (Å²) >= 11 is 0. The molecular formula is C20H14O5. The Morgan fingerprint density at radius 3 is 2.08 bits per heavy atom. The van der Waals surface area contributed by atoms with Gasteiger partial charge in [-0.05, 0) is 42.0 Å². The van der Waals surface area contributed by atoms with Gasteiger partial charge in [0.1, 0.15) is 11.5 Å². The predicted octanol–water partition coefficient (Wildman–Crippen LogP) is 4.54. The van der Waals surface area contributed by atoms with Crippen LogP contribution in [0.2, 0.25) is 0 Å². The molecule has 0 fully saturated rings. The van der Waals surface area contributed by atoms with Gasteiger partial charge < -0.3 is 14.9 Å². The van der Waals surface area contributed by atoms with Crippen molar-refractivity contribution in [2.45, 2.75) is 0 Å². The van der Waals surface area contributed by atoms with Gasteiger partial charge >= 0.3 is 11.9 Å². The summed E-state index contributed by atoms with van der Waals surface area (Å²) in [6.07, 6.45) is 0. The highest BCUT2D eigenvalue weighted by atomic mass is 16.5. The summed E-state index contributed by atoms with van der Waals surface area (Å²) in [5.41, 5.74) is 1.92. The van der Waals surface area contributed by atoms with Crippen molar-refractivity contribution in [3.8, 4) is 22.6 Å². The third-order valence-electron chi connectivity index (χ3n) is 3.64. The predicted molar refractivity (Wildman–Crippen MR) is 92.3 cm³/mol. The molecule has 0 saturated carbocycles. The lowest BCUT2D eigenvalue weighted by Crippen LogP contribution is -1.97. The smallest absolute Gasteiger partial charge is 0.335 e. The summed E-state index contributed by atoms with van der Waals surface area (Å²) in [7, 11) is 0. The van der Waals surface area contributed by atoms with Gasteiger partial charge in [0.25, 0.3) is 0 Å². The van der Waals surface area contributed by atoms with Crippen LogP contribution in [0.15, 0.2) is 72.8 Å². The Kier molecular flexibility index (Phi) is 4.48. The van der Waals surface area contributed by atoms with Crippen LogP contribution in [-0.4, -0.2) is 22.2 Å². The summed E-state index contributed by atoms with van der Waals surface area (Å²) in [5.74, 6) is -1.05. The maximum Gasteiger partial charge on any atom is 0.335 e. The minimum absolute atomic E-state index is 0.140. The van der Waals surface area contributed by atoms with E-state index in [9.17, 15) is 9.59 Å². The van der Waals surface area contributed by atoms with Gasteiger partial charge in [0.2, 0.25) is 0 Å². The molecule has 124 valence electrons. The standard InChI is InChI=1S/C20H14O5/c21-19(22)14-10-8-13(9-11-14)17-6-1-2-7-18(17)25-16-5-3-4-15(12-16)20(23)24/h1-12H,(H,21,22)(H,23,24). The molecule has 0 unspecified atom stereocenters. The summed E-state index contributed by atoms with van der Waals surface area (Å²) < 4.78 is 5.85. The van der Waals surface area contributed by atoms with Gasteiger partial charge in [-0.2, -0.15) is 0 Å². The molecule has 0 radical (unpaired) electrons. The van der Waals surface area contributed by atoms with Gasteiger partial charge in [-0.25, -0.2) is 9.59 Å². The summed E-state index contributed by atoms with van der Waals surface area (Å²) in [4.78, 5) is 22.0. The normalized spacial score (nSPS) is 10.2. The zero-order chi connectivity index (χ0) is 17.8. The van der Waals surface area contributed by atoms with Crippen LogP contribution in [0.25, 0.3) is 11.1 Å². The van der Waals surface area contributed by atoms with Crippen LogP contribution in [0.4, 0.5) is 0 Å². The lowest BCUT2D eigenvalue weighted by Gasteiger charge is -2.12. The molecule has 0 atom stereocenters. The summed E-state index contributed by atoms with van der Waals surface area (Å²) in [6.45, 7) is 0. The van der Waals surface area contributed by atoms with Crippen molar-refractivity contribution >= 4 is 11.9 Å². The molecular weight excluding hydrogens is 320 g/mol. The van der Waals surface area contributed by atoms with Gasteiger partial charge in [0.15, 0.2) is 0 Å². The first kappa shape index (κ1) is 16.3. The molecule has 2 N–H and O–H groups in total. The molecule has 5 nitrogen and oxygen atoms in total. The van der Waals surface area contributed by atoms with Crippen LogP contribution < -0.4 is 4.74 Å². The van der Waals surface area contributed by atoms with Crippen LogP contribution in [0.1, 0.15) is 20.7 Å². The Balaban J connectivity index is 1.95. The molecule has 0 amide bonds. The molecule has 3 aromatic carbocycles. The number of rotatable bonds is 5. The minimum Gasteiger partial charge on any atom is -0.478 e. The van der Waals surface area contributed by atoms with E-state index in [-0.39, 0.29) is 11.1 Å². The van der Waals surface area contributed by atoms with E-state index in [1.807, 2.05) is 18.2 Å². The van der Waals surface area contributed by atoms with Gasteiger partial charge in [-0.3, -0.25) is 0 Å². The number of benzene rings is 3. The van der Waals surface area contributed by atoms with E-state index in [4.69, 9.17) is 14.9 Å². The lowest BCUT2D eigenvalue weighted by atomic mass is 10.0. The molecule has 3 rings (SSSR count). The SMILES string of the molecule is O=C(O)c1ccc(-c2ccccc2Oc2cccc(C(=O)O)c2)cc1. The van der Waals surface area contributed by atoms with Gasteiger partial charge in [-0.15, -0.1) is 0 Å². The zero-order valence-corrected chi connectivity index (χ0v) is 13.0. The van der Waals surface area contributed by atoms with Gasteiger partial charge in [0, 0.05) is 5.56 Å². The maximum atomic E-state index is 11.1. The fourth-order valence-electron chi connectivity index (χ4n) is 2.41. The molecule has 0 spiro atoms. The van der Waals surface area contributed by atoms with Crippen molar-refractivity contribution in [1.29, 1.82) is 0 Å². The van der Waals surface area contributed by atoms with E-state index in [2.05, 4.69) is 0 Å². The molecule has 0 bridgehead atoms. The number of hydrogen-bond donors (Lipinski definition) is 2. The van der Waals surface area contributed by atoms with Crippen LogP contribution in [0.5, 0.6) is 11.5 Å². The maximum absolute atomic E-state index is 11.1. The molecule has 25 heavy (non-hydrogen) atoms. The Bertz CT molecular complexity index is 929. The number of carboxylic acids is 2.